The van der Waals surface area contributed by atoms with Gasteiger partial charge in [0, 0.05) is 5.69 Å². The van der Waals surface area contributed by atoms with Gasteiger partial charge in [0.2, 0.25) is 0 Å². The highest BCUT2D eigenvalue weighted by atomic mass is 19.2. The van der Waals surface area contributed by atoms with Crippen LogP contribution in [0.1, 0.15) is 11.1 Å². The van der Waals surface area contributed by atoms with E-state index in [9.17, 15) is 13.2 Å². The van der Waals surface area contributed by atoms with Crippen molar-refractivity contribution in [3.63, 3.8) is 0 Å². The first-order valence-corrected chi connectivity index (χ1v) is 5.44. The van der Waals surface area contributed by atoms with Gasteiger partial charge in [0.05, 0.1) is 11.3 Å². The third-order valence-corrected chi connectivity index (χ3v) is 2.64. The molecule has 0 bridgehead atoms. The highest BCUT2D eigenvalue weighted by molar-refractivity contribution is 5.62. The van der Waals surface area contributed by atoms with Crippen molar-refractivity contribution >= 4 is 11.4 Å². The molecule has 0 heterocycles. The Morgan fingerprint density at radius 3 is 2.42 bits per heavy atom. The Hall–Kier alpha value is -2.48. The molecule has 0 unspecified atom stereocenters. The predicted molar refractivity (Wildman–Crippen MR) is 65.5 cm³/mol. The van der Waals surface area contributed by atoms with E-state index in [2.05, 4.69) is 5.32 Å². The van der Waals surface area contributed by atoms with Crippen LogP contribution in [0.5, 0.6) is 0 Å². The average Bonchev–Trinajstić information content (AvgIpc) is 2.40. The monoisotopic (exact) mass is 262 g/mol. The van der Waals surface area contributed by atoms with Gasteiger partial charge in [0.15, 0.2) is 11.6 Å². The van der Waals surface area contributed by atoms with Gasteiger partial charge >= 0.3 is 0 Å². The Kier molecular flexibility index (Phi) is 3.43. The third-order valence-electron chi connectivity index (χ3n) is 2.64. The quantitative estimate of drug-likeness (QED) is 0.887. The lowest BCUT2D eigenvalue weighted by molar-refractivity contribution is 0.509. The Bertz CT molecular complexity index is 675. The summed E-state index contributed by atoms with van der Waals surface area (Å²) in [6.07, 6.45) is 0. The summed E-state index contributed by atoms with van der Waals surface area (Å²) in [5.41, 5.74) is 0.349. The highest BCUT2D eigenvalue weighted by Crippen LogP contribution is 2.24. The molecule has 1 N–H and O–H groups in total. The lowest BCUT2D eigenvalue weighted by Crippen LogP contribution is -1.99. The minimum Gasteiger partial charge on any atom is -0.353 e. The van der Waals surface area contributed by atoms with E-state index in [-0.39, 0.29) is 17.1 Å². The van der Waals surface area contributed by atoms with Crippen molar-refractivity contribution in [2.24, 2.45) is 0 Å². The predicted octanol–water partition coefficient (Wildman–Crippen LogP) is 4.03. The van der Waals surface area contributed by atoms with Crippen LogP contribution in [-0.2, 0) is 0 Å². The average molecular weight is 262 g/mol. The summed E-state index contributed by atoms with van der Waals surface area (Å²) in [5, 5.41) is 11.2. The number of benzene rings is 2. The van der Waals surface area contributed by atoms with E-state index < -0.39 is 11.6 Å². The Morgan fingerprint density at radius 2 is 1.79 bits per heavy atom. The van der Waals surface area contributed by atoms with E-state index in [1.165, 1.54) is 30.3 Å². The van der Waals surface area contributed by atoms with Crippen molar-refractivity contribution in [2.45, 2.75) is 6.92 Å². The van der Waals surface area contributed by atoms with Crippen LogP contribution in [0.4, 0.5) is 24.5 Å². The molecule has 0 amide bonds. The number of halogens is 3. The SMILES string of the molecule is Cc1cc(Nc2ccc(C#N)c(F)c2F)ccc1F. The van der Waals surface area contributed by atoms with Gasteiger partial charge < -0.3 is 5.32 Å². The summed E-state index contributed by atoms with van der Waals surface area (Å²) < 4.78 is 40.1. The Labute approximate surface area is 108 Å². The standard InChI is InChI=1S/C14H9F3N2/c1-8-6-10(3-4-11(8)15)19-12-5-2-9(7-18)13(16)14(12)17/h2-6,19H,1H3. The number of nitrogens with one attached hydrogen (secondary N) is 1. The van der Waals surface area contributed by atoms with E-state index in [0.29, 0.717) is 11.3 Å². The second-order valence-electron chi connectivity index (χ2n) is 3.99. The zero-order valence-electron chi connectivity index (χ0n) is 9.97. The summed E-state index contributed by atoms with van der Waals surface area (Å²) in [5.74, 6) is -2.72. The van der Waals surface area contributed by atoms with Gasteiger partial charge in [0.25, 0.3) is 0 Å². The molecule has 0 spiro atoms. The first-order valence-electron chi connectivity index (χ1n) is 5.44. The van der Waals surface area contributed by atoms with Crippen LogP contribution in [0.15, 0.2) is 30.3 Å². The lowest BCUT2D eigenvalue weighted by Gasteiger charge is -2.09. The molecule has 0 saturated heterocycles. The molecule has 2 nitrogen and oxygen atoms in total. The molecule has 0 aliphatic carbocycles. The Morgan fingerprint density at radius 1 is 1.05 bits per heavy atom. The molecule has 0 fully saturated rings. The minimum absolute atomic E-state index is 0.109. The molecule has 5 heteroatoms. The maximum absolute atomic E-state index is 13.7. The summed E-state index contributed by atoms with van der Waals surface area (Å²) in [7, 11) is 0. The molecular formula is C14H9F3N2. The lowest BCUT2D eigenvalue weighted by atomic mass is 10.1. The smallest absolute Gasteiger partial charge is 0.183 e. The molecule has 0 aromatic heterocycles. The number of hydrogen-bond acceptors (Lipinski definition) is 2. The second kappa shape index (κ2) is 5.02. The zero-order chi connectivity index (χ0) is 14.0. The maximum Gasteiger partial charge on any atom is 0.183 e. The largest absolute Gasteiger partial charge is 0.353 e. The fourth-order valence-corrected chi connectivity index (χ4v) is 1.61. The minimum atomic E-state index is -1.20. The molecule has 0 saturated carbocycles. The summed E-state index contributed by atoms with van der Waals surface area (Å²) in [6, 6.07) is 8.11. The zero-order valence-corrected chi connectivity index (χ0v) is 9.97. The maximum atomic E-state index is 13.7. The van der Waals surface area contributed by atoms with Gasteiger partial charge in [-0.15, -0.1) is 0 Å². The van der Waals surface area contributed by atoms with Gasteiger partial charge in [0.1, 0.15) is 11.9 Å². The molecule has 2 aromatic carbocycles. The molecule has 0 aliphatic heterocycles. The topological polar surface area (TPSA) is 35.8 Å². The van der Waals surface area contributed by atoms with Crippen LogP contribution in [0.3, 0.4) is 0 Å². The summed E-state index contributed by atoms with van der Waals surface area (Å²) >= 11 is 0. The number of hydrogen-bond donors (Lipinski definition) is 1. The fourth-order valence-electron chi connectivity index (χ4n) is 1.61. The first kappa shape index (κ1) is 13.0. The van der Waals surface area contributed by atoms with E-state index in [1.807, 2.05) is 0 Å². The van der Waals surface area contributed by atoms with E-state index in [1.54, 1.807) is 13.0 Å². The fraction of sp³-hybridized carbons (Fsp3) is 0.0714. The molecule has 2 aromatic rings. The molecule has 96 valence electrons. The number of nitrogens with zero attached hydrogens (tertiary/aromatic N) is 1. The molecular weight excluding hydrogens is 253 g/mol. The van der Waals surface area contributed by atoms with Crippen LogP contribution in [0, 0.1) is 35.7 Å². The summed E-state index contributed by atoms with van der Waals surface area (Å²) in [6.45, 7) is 1.57. The number of aryl methyl sites for hydroxylation is 1. The third kappa shape index (κ3) is 2.52. The molecule has 0 radical (unpaired) electrons. The second-order valence-corrected chi connectivity index (χ2v) is 3.99. The van der Waals surface area contributed by atoms with E-state index >= 15 is 0 Å². The number of rotatable bonds is 2. The molecule has 0 aliphatic rings. The van der Waals surface area contributed by atoms with Crippen molar-refractivity contribution in [1.29, 1.82) is 5.26 Å². The number of nitriles is 1. The summed E-state index contributed by atoms with van der Waals surface area (Å²) in [4.78, 5) is 0. The van der Waals surface area contributed by atoms with Crippen molar-refractivity contribution in [3.8, 4) is 6.07 Å². The first-order chi connectivity index (χ1) is 9.02. The van der Waals surface area contributed by atoms with Crippen LogP contribution >= 0.6 is 0 Å². The van der Waals surface area contributed by atoms with Gasteiger partial charge in [-0.05, 0) is 42.8 Å². The molecule has 2 rings (SSSR count). The van der Waals surface area contributed by atoms with Gasteiger partial charge in [-0.1, -0.05) is 0 Å². The van der Waals surface area contributed by atoms with Gasteiger partial charge in [-0.3, -0.25) is 0 Å². The molecule has 19 heavy (non-hydrogen) atoms. The van der Waals surface area contributed by atoms with E-state index in [0.717, 1.165) is 0 Å². The van der Waals surface area contributed by atoms with Crippen LogP contribution in [-0.4, -0.2) is 0 Å². The van der Waals surface area contributed by atoms with Crippen LogP contribution in [0.2, 0.25) is 0 Å². The van der Waals surface area contributed by atoms with Crippen molar-refractivity contribution in [2.75, 3.05) is 5.32 Å². The van der Waals surface area contributed by atoms with Gasteiger partial charge in [-0.2, -0.15) is 5.26 Å². The normalized spacial score (nSPS) is 10.1. The van der Waals surface area contributed by atoms with Crippen molar-refractivity contribution in [3.05, 3.63) is 58.9 Å². The molecule has 0 atom stereocenters. The van der Waals surface area contributed by atoms with Gasteiger partial charge in [-0.25, -0.2) is 13.2 Å². The Balaban J connectivity index is 2.36. The highest BCUT2D eigenvalue weighted by Gasteiger charge is 2.13. The van der Waals surface area contributed by atoms with Crippen LogP contribution in [0.25, 0.3) is 0 Å². The van der Waals surface area contributed by atoms with Crippen molar-refractivity contribution in [1.82, 2.24) is 0 Å². The van der Waals surface area contributed by atoms with E-state index in [4.69, 9.17) is 5.26 Å². The number of anilines is 2. The van der Waals surface area contributed by atoms with Crippen molar-refractivity contribution < 1.29 is 13.2 Å². The van der Waals surface area contributed by atoms with Crippen LogP contribution < -0.4 is 5.32 Å².